The van der Waals surface area contributed by atoms with Gasteiger partial charge in [0, 0.05) is 25.0 Å². The smallest absolute Gasteiger partial charge is 0.226 e. The van der Waals surface area contributed by atoms with E-state index >= 15 is 0 Å². The van der Waals surface area contributed by atoms with E-state index in [0.717, 1.165) is 37.8 Å². The van der Waals surface area contributed by atoms with E-state index in [0.29, 0.717) is 17.7 Å². The lowest BCUT2D eigenvalue weighted by Gasteiger charge is -2.34. The summed E-state index contributed by atoms with van der Waals surface area (Å²) in [5, 5.41) is 0. The zero-order valence-corrected chi connectivity index (χ0v) is 12.7. The monoisotopic (exact) mass is 286 g/mol. The predicted molar refractivity (Wildman–Crippen MR) is 79.1 cm³/mol. The molecular weight excluding hydrogens is 260 g/mol. The van der Waals surface area contributed by atoms with Crippen molar-refractivity contribution in [2.45, 2.75) is 51.5 Å². The van der Waals surface area contributed by atoms with Crippen LogP contribution >= 0.6 is 12.4 Å². The van der Waals surface area contributed by atoms with Gasteiger partial charge in [-0.15, -0.1) is 12.4 Å². The SMILES string of the molecule is CC(N)C1CCN(C(=O)C2C3CCCCC32)CC1.Cl. The van der Waals surface area contributed by atoms with E-state index in [1.54, 1.807) is 0 Å². The maximum Gasteiger partial charge on any atom is 0.226 e. The Kier molecular flexibility index (Phi) is 4.78. The molecule has 3 fully saturated rings. The van der Waals surface area contributed by atoms with Gasteiger partial charge < -0.3 is 10.6 Å². The van der Waals surface area contributed by atoms with Crippen molar-refractivity contribution in [3.8, 4) is 0 Å². The number of amides is 1. The van der Waals surface area contributed by atoms with Crippen LogP contribution < -0.4 is 5.73 Å². The summed E-state index contributed by atoms with van der Waals surface area (Å²) in [7, 11) is 0. The van der Waals surface area contributed by atoms with Gasteiger partial charge >= 0.3 is 0 Å². The molecule has 19 heavy (non-hydrogen) atoms. The number of fused-ring (bicyclic) bond motifs is 1. The van der Waals surface area contributed by atoms with Crippen LogP contribution in [-0.4, -0.2) is 29.9 Å². The number of hydrogen-bond donors (Lipinski definition) is 1. The van der Waals surface area contributed by atoms with Crippen molar-refractivity contribution in [3.63, 3.8) is 0 Å². The maximum atomic E-state index is 12.5. The minimum absolute atomic E-state index is 0. The van der Waals surface area contributed by atoms with Crippen molar-refractivity contribution in [1.29, 1.82) is 0 Å². The van der Waals surface area contributed by atoms with Gasteiger partial charge in [-0.05, 0) is 50.4 Å². The molecule has 3 nitrogen and oxygen atoms in total. The highest BCUT2D eigenvalue weighted by atomic mass is 35.5. The van der Waals surface area contributed by atoms with Gasteiger partial charge in [0.05, 0.1) is 0 Å². The molecule has 0 spiro atoms. The molecule has 4 heteroatoms. The fraction of sp³-hybridized carbons (Fsp3) is 0.933. The molecule has 0 radical (unpaired) electrons. The summed E-state index contributed by atoms with van der Waals surface area (Å²) in [6.45, 7) is 3.99. The van der Waals surface area contributed by atoms with Crippen LogP contribution in [0.3, 0.4) is 0 Å². The molecule has 0 aromatic heterocycles. The zero-order chi connectivity index (χ0) is 12.7. The Bertz CT molecular complexity index is 314. The Labute approximate surface area is 122 Å². The van der Waals surface area contributed by atoms with Gasteiger partial charge in [0.15, 0.2) is 0 Å². The first-order valence-electron chi connectivity index (χ1n) is 7.73. The number of likely N-dealkylation sites (tertiary alicyclic amines) is 1. The summed E-state index contributed by atoms with van der Waals surface area (Å²) >= 11 is 0. The zero-order valence-electron chi connectivity index (χ0n) is 11.9. The van der Waals surface area contributed by atoms with Gasteiger partial charge in [0.25, 0.3) is 0 Å². The second-order valence-electron chi connectivity index (χ2n) is 6.66. The quantitative estimate of drug-likeness (QED) is 0.847. The minimum Gasteiger partial charge on any atom is -0.342 e. The van der Waals surface area contributed by atoms with Crippen LogP contribution in [0.15, 0.2) is 0 Å². The molecule has 1 saturated heterocycles. The van der Waals surface area contributed by atoms with Gasteiger partial charge in [0.2, 0.25) is 5.91 Å². The molecule has 0 aromatic rings. The first-order valence-corrected chi connectivity index (χ1v) is 7.73. The average molecular weight is 287 g/mol. The number of nitrogens with zero attached hydrogens (tertiary/aromatic N) is 1. The van der Waals surface area contributed by atoms with E-state index in [1.165, 1.54) is 25.7 Å². The van der Waals surface area contributed by atoms with Crippen molar-refractivity contribution >= 4 is 18.3 Å². The summed E-state index contributed by atoms with van der Waals surface area (Å²) in [6.07, 6.45) is 7.50. The van der Waals surface area contributed by atoms with E-state index in [-0.39, 0.29) is 18.4 Å². The van der Waals surface area contributed by atoms with E-state index < -0.39 is 0 Å². The molecule has 1 aliphatic heterocycles. The maximum absolute atomic E-state index is 12.5. The van der Waals surface area contributed by atoms with Gasteiger partial charge in [0.1, 0.15) is 0 Å². The Morgan fingerprint density at radius 3 is 2.11 bits per heavy atom. The topological polar surface area (TPSA) is 46.3 Å². The lowest BCUT2D eigenvalue weighted by molar-refractivity contribution is -0.134. The van der Waals surface area contributed by atoms with E-state index in [4.69, 9.17) is 5.73 Å². The van der Waals surface area contributed by atoms with Gasteiger partial charge in [-0.2, -0.15) is 0 Å². The predicted octanol–water partition coefficient (Wildman–Crippen LogP) is 2.43. The van der Waals surface area contributed by atoms with Crippen LogP contribution in [0.4, 0.5) is 0 Å². The van der Waals surface area contributed by atoms with Gasteiger partial charge in [-0.25, -0.2) is 0 Å². The van der Waals surface area contributed by atoms with Crippen molar-refractivity contribution in [3.05, 3.63) is 0 Å². The molecule has 2 aliphatic carbocycles. The molecular formula is C15H27ClN2O. The van der Waals surface area contributed by atoms with Crippen LogP contribution in [0, 0.1) is 23.7 Å². The van der Waals surface area contributed by atoms with Crippen LogP contribution in [0.25, 0.3) is 0 Å². The minimum atomic E-state index is 0. The molecule has 3 rings (SSSR count). The van der Waals surface area contributed by atoms with E-state index in [9.17, 15) is 4.79 Å². The lowest BCUT2D eigenvalue weighted by Crippen LogP contribution is -2.43. The van der Waals surface area contributed by atoms with Gasteiger partial charge in [-0.3, -0.25) is 4.79 Å². The Balaban J connectivity index is 0.00000133. The summed E-state index contributed by atoms with van der Waals surface area (Å²) in [5.41, 5.74) is 5.95. The van der Waals surface area contributed by atoms with E-state index in [2.05, 4.69) is 11.8 Å². The molecule has 2 saturated carbocycles. The largest absolute Gasteiger partial charge is 0.342 e. The van der Waals surface area contributed by atoms with Crippen molar-refractivity contribution in [2.24, 2.45) is 29.4 Å². The first-order chi connectivity index (χ1) is 8.68. The van der Waals surface area contributed by atoms with Crippen LogP contribution in [0.1, 0.15) is 45.4 Å². The lowest BCUT2D eigenvalue weighted by atomic mass is 9.91. The van der Waals surface area contributed by atoms with Crippen LogP contribution in [0.5, 0.6) is 0 Å². The summed E-state index contributed by atoms with van der Waals surface area (Å²) < 4.78 is 0. The average Bonchev–Trinajstić information content (AvgIpc) is 3.12. The molecule has 3 unspecified atom stereocenters. The normalized spacial score (nSPS) is 36.1. The number of piperidine rings is 1. The fourth-order valence-corrected chi connectivity index (χ4v) is 4.22. The highest BCUT2D eigenvalue weighted by Gasteiger charge is 2.55. The second kappa shape index (κ2) is 6.01. The number of hydrogen-bond acceptors (Lipinski definition) is 2. The standard InChI is InChI=1S/C15H26N2O.ClH/c1-10(16)11-6-8-17(9-7-11)15(18)14-12-4-2-3-5-13(12)14;/h10-14H,2-9,16H2,1H3;1H. The van der Waals surface area contributed by atoms with Gasteiger partial charge in [-0.1, -0.05) is 12.8 Å². The highest BCUT2D eigenvalue weighted by Crippen LogP contribution is 2.56. The molecule has 0 bridgehead atoms. The molecule has 3 aliphatic rings. The Morgan fingerprint density at radius 1 is 1.11 bits per heavy atom. The Hall–Kier alpha value is -0.280. The molecule has 110 valence electrons. The number of halogens is 1. The fourth-order valence-electron chi connectivity index (χ4n) is 4.22. The summed E-state index contributed by atoms with van der Waals surface area (Å²) in [5.74, 6) is 2.99. The molecule has 2 N–H and O–H groups in total. The first kappa shape index (κ1) is 15.1. The molecule has 1 heterocycles. The van der Waals surface area contributed by atoms with Crippen molar-refractivity contribution in [2.75, 3.05) is 13.1 Å². The van der Waals surface area contributed by atoms with Crippen molar-refractivity contribution < 1.29 is 4.79 Å². The summed E-state index contributed by atoms with van der Waals surface area (Å²) in [6, 6.07) is 0.283. The molecule has 0 aromatic carbocycles. The van der Waals surface area contributed by atoms with E-state index in [1.807, 2.05) is 0 Å². The summed E-state index contributed by atoms with van der Waals surface area (Å²) in [4.78, 5) is 14.6. The molecule has 3 atom stereocenters. The molecule has 1 amide bonds. The number of carbonyl (C=O) groups excluding carboxylic acids is 1. The Morgan fingerprint density at radius 2 is 1.63 bits per heavy atom. The van der Waals surface area contributed by atoms with Crippen molar-refractivity contribution in [1.82, 2.24) is 4.90 Å². The van der Waals surface area contributed by atoms with Crippen LogP contribution in [0.2, 0.25) is 0 Å². The third kappa shape index (κ3) is 2.92. The number of rotatable bonds is 2. The number of carbonyl (C=O) groups is 1. The second-order valence-corrected chi connectivity index (χ2v) is 6.66. The number of nitrogens with two attached hydrogens (primary N) is 1. The third-order valence-electron chi connectivity index (χ3n) is 5.54. The highest BCUT2D eigenvalue weighted by molar-refractivity contribution is 5.85. The third-order valence-corrected chi connectivity index (χ3v) is 5.54. The van der Waals surface area contributed by atoms with Crippen LogP contribution in [-0.2, 0) is 4.79 Å².